The molecule has 0 fully saturated rings. The first-order chi connectivity index (χ1) is 6.93. The van der Waals surface area contributed by atoms with Gasteiger partial charge in [0.25, 0.3) is 0 Å². The van der Waals surface area contributed by atoms with Crippen LogP contribution in [0.3, 0.4) is 0 Å². The molecule has 1 unspecified atom stereocenters. The van der Waals surface area contributed by atoms with Gasteiger partial charge in [-0.15, -0.1) is 11.3 Å². The third-order valence-electron chi connectivity index (χ3n) is 2.00. The molecule has 1 heterocycles. The number of nitrogens with zero attached hydrogens (tertiary/aromatic N) is 1. The molecule has 0 amide bonds. The maximum Gasteiger partial charge on any atom is 0.158 e. The molecule has 1 rings (SSSR count). The summed E-state index contributed by atoms with van der Waals surface area (Å²) >= 11 is 1.38. The van der Waals surface area contributed by atoms with Gasteiger partial charge in [-0.3, -0.25) is 0 Å². The molecule has 86 valence electrons. The third kappa shape index (κ3) is 4.27. The van der Waals surface area contributed by atoms with Crippen molar-refractivity contribution >= 4 is 21.2 Å². The molecule has 15 heavy (non-hydrogen) atoms. The summed E-state index contributed by atoms with van der Waals surface area (Å²) in [4.78, 5) is 4.13. The molecule has 0 aromatic carbocycles. The van der Waals surface area contributed by atoms with Crippen molar-refractivity contribution in [3.8, 4) is 0 Å². The molecule has 0 bridgehead atoms. The summed E-state index contributed by atoms with van der Waals surface area (Å²) < 4.78 is 23.3. The van der Waals surface area contributed by atoms with Crippen molar-refractivity contribution in [2.75, 3.05) is 5.75 Å². The van der Waals surface area contributed by atoms with Gasteiger partial charge in [-0.1, -0.05) is 6.92 Å². The second-order valence-corrected chi connectivity index (χ2v) is 6.66. The maximum absolute atomic E-state index is 11.7. The Balaban J connectivity index is 2.64. The lowest BCUT2D eigenvalue weighted by molar-refractivity contribution is 0.583. The molecule has 0 aliphatic heterocycles. The minimum absolute atomic E-state index is 0.0131. The van der Waals surface area contributed by atoms with Gasteiger partial charge in [0.2, 0.25) is 0 Å². The van der Waals surface area contributed by atoms with E-state index in [1.165, 1.54) is 11.3 Å². The quantitative estimate of drug-likeness (QED) is 0.847. The topological polar surface area (TPSA) is 73.1 Å². The van der Waals surface area contributed by atoms with Crippen LogP contribution in [0.25, 0.3) is 0 Å². The Bertz CT molecular complexity index is 412. The first-order valence-electron chi connectivity index (χ1n) is 4.80. The van der Waals surface area contributed by atoms with E-state index >= 15 is 0 Å². The zero-order valence-corrected chi connectivity index (χ0v) is 10.6. The predicted octanol–water partition coefficient (Wildman–Crippen LogP) is 1.10. The molecule has 6 heteroatoms. The van der Waals surface area contributed by atoms with Crippen LogP contribution >= 0.6 is 11.3 Å². The summed E-state index contributed by atoms with van der Waals surface area (Å²) in [5, 5.41) is 2.50. The van der Waals surface area contributed by atoms with Gasteiger partial charge in [-0.05, 0) is 13.3 Å². The number of aromatic nitrogens is 1. The number of hydrogen-bond donors (Lipinski definition) is 1. The second-order valence-electron chi connectivity index (χ2n) is 3.61. The summed E-state index contributed by atoms with van der Waals surface area (Å²) in [5.41, 5.74) is 6.49. The van der Waals surface area contributed by atoms with Gasteiger partial charge in [-0.25, -0.2) is 13.4 Å². The number of hydrogen-bond acceptors (Lipinski definition) is 5. The van der Waals surface area contributed by atoms with Crippen LogP contribution in [0.2, 0.25) is 0 Å². The molecule has 0 saturated carbocycles. The molecule has 0 aliphatic rings. The molecular weight excluding hydrogens is 232 g/mol. The Morgan fingerprint density at radius 1 is 1.60 bits per heavy atom. The predicted molar refractivity (Wildman–Crippen MR) is 62.6 cm³/mol. The largest absolute Gasteiger partial charge is 0.327 e. The van der Waals surface area contributed by atoms with E-state index in [2.05, 4.69) is 4.98 Å². The highest BCUT2D eigenvalue weighted by Gasteiger charge is 2.17. The van der Waals surface area contributed by atoms with E-state index in [1.807, 2.05) is 19.2 Å². The fourth-order valence-corrected chi connectivity index (χ4v) is 3.97. The first-order valence-corrected chi connectivity index (χ1v) is 7.50. The first kappa shape index (κ1) is 12.6. The molecule has 0 spiro atoms. The van der Waals surface area contributed by atoms with Gasteiger partial charge in [0.15, 0.2) is 9.84 Å². The highest BCUT2D eigenvalue weighted by Crippen LogP contribution is 2.13. The summed E-state index contributed by atoms with van der Waals surface area (Å²) in [6.07, 6.45) is 0.677. The molecule has 0 aliphatic carbocycles. The van der Waals surface area contributed by atoms with Crippen LogP contribution in [0.15, 0.2) is 5.38 Å². The number of rotatable bonds is 5. The maximum atomic E-state index is 11.7. The zero-order valence-electron chi connectivity index (χ0n) is 8.93. The van der Waals surface area contributed by atoms with E-state index in [0.29, 0.717) is 11.4 Å². The molecule has 2 N–H and O–H groups in total. The summed E-state index contributed by atoms with van der Waals surface area (Å²) in [6.45, 7) is 3.73. The summed E-state index contributed by atoms with van der Waals surface area (Å²) in [5.74, 6) is 0.0569. The number of sulfone groups is 1. The van der Waals surface area contributed by atoms with E-state index in [-0.39, 0.29) is 17.5 Å². The molecule has 1 aromatic heterocycles. The highest BCUT2D eigenvalue weighted by molar-refractivity contribution is 7.90. The summed E-state index contributed by atoms with van der Waals surface area (Å²) in [7, 11) is -3.11. The lowest BCUT2D eigenvalue weighted by atomic mass is 10.3. The van der Waals surface area contributed by atoms with Crippen molar-refractivity contribution < 1.29 is 8.42 Å². The van der Waals surface area contributed by atoms with Crippen molar-refractivity contribution in [2.45, 2.75) is 32.1 Å². The van der Waals surface area contributed by atoms with Crippen LogP contribution in [-0.2, 0) is 15.6 Å². The average molecular weight is 248 g/mol. The fourth-order valence-electron chi connectivity index (χ4n) is 1.16. The standard InChI is InChI=1S/C9H16N2O2S2/c1-3-8(10)5-15(12,13)6-9-11-7(2)4-14-9/h4,8H,3,5-6,10H2,1-2H3. The average Bonchev–Trinajstić information content (AvgIpc) is 2.49. The lowest BCUT2D eigenvalue weighted by Gasteiger charge is -2.08. The van der Waals surface area contributed by atoms with Gasteiger partial charge >= 0.3 is 0 Å². The van der Waals surface area contributed by atoms with Crippen molar-refractivity contribution in [2.24, 2.45) is 5.73 Å². The van der Waals surface area contributed by atoms with Gasteiger partial charge < -0.3 is 5.73 Å². The van der Waals surface area contributed by atoms with Crippen LogP contribution in [0.1, 0.15) is 24.0 Å². The zero-order chi connectivity index (χ0) is 11.5. The van der Waals surface area contributed by atoms with Gasteiger partial charge in [-0.2, -0.15) is 0 Å². The van der Waals surface area contributed by atoms with Crippen LogP contribution in [-0.4, -0.2) is 25.2 Å². The fraction of sp³-hybridized carbons (Fsp3) is 0.667. The normalized spacial score (nSPS) is 14.1. The molecule has 1 atom stereocenters. The Labute approximate surface area is 94.4 Å². The van der Waals surface area contributed by atoms with Crippen molar-refractivity contribution in [3.05, 3.63) is 16.1 Å². The lowest BCUT2D eigenvalue weighted by Crippen LogP contribution is -2.29. The van der Waals surface area contributed by atoms with Crippen molar-refractivity contribution in [3.63, 3.8) is 0 Å². The van der Waals surface area contributed by atoms with Crippen LogP contribution in [0.5, 0.6) is 0 Å². The molecule has 1 aromatic rings. The van der Waals surface area contributed by atoms with Crippen LogP contribution in [0, 0.1) is 6.92 Å². The van der Waals surface area contributed by atoms with Gasteiger partial charge in [0, 0.05) is 17.1 Å². The summed E-state index contributed by atoms with van der Waals surface area (Å²) in [6, 6.07) is -0.268. The Morgan fingerprint density at radius 3 is 2.73 bits per heavy atom. The highest BCUT2D eigenvalue weighted by atomic mass is 32.2. The van der Waals surface area contributed by atoms with Gasteiger partial charge in [0.1, 0.15) is 10.8 Å². The Kier molecular flexibility index (Phi) is 4.24. The smallest absolute Gasteiger partial charge is 0.158 e. The van der Waals surface area contributed by atoms with Crippen LogP contribution < -0.4 is 5.73 Å². The van der Waals surface area contributed by atoms with E-state index < -0.39 is 9.84 Å². The number of thiazole rings is 1. The van der Waals surface area contributed by atoms with E-state index in [9.17, 15) is 8.42 Å². The SMILES string of the molecule is CCC(N)CS(=O)(=O)Cc1nc(C)cs1. The third-order valence-corrected chi connectivity index (χ3v) is 4.80. The van der Waals surface area contributed by atoms with Gasteiger partial charge in [0.05, 0.1) is 5.75 Å². The van der Waals surface area contributed by atoms with Crippen LogP contribution in [0.4, 0.5) is 0 Å². The Morgan fingerprint density at radius 2 is 2.27 bits per heavy atom. The minimum atomic E-state index is -3.11. The van der Waals surface area contributed by atoms with E-state index in [1.54, 1.807) is 0 Å². The Hall–Kier alpha value is -0.460. The minimum Gasteiger partial charge on any atom is -0.327 e. The van der Waals surface area contributed by atoms with E-state index in [4.69, 9.17) is 5.73 Å². The molecule has 4 nitrogen and oxygen atoms in total. The molecule has 0 radical (unpaired) electrons. The second kappa shape index (κ2) is 5.05. The van der Waals surface area contributed by atoms with Crippen molar-refractivity contribution in [1.82, 2.24) is 4.98 Å². The molecule has 0 saturated heterocycles. The van der Waals surface area contributed by atoms with E-state index in [0.717, 1.165) is 5.69 Å². The number of nitrogens with two attached hydrogens (primary N) is 1. The molecular formula is C9H16N2O2S2. The monoisotopic (exact) mass is 248 g/mol. The van der Waals surface area contributed by atoms with Crippen molar-refractivity contribution in [1.29, 1.82) is 0 Å². The number of aryl methyl sites for hydroxylation is 1.